The van der Waals surface area contributed by atoms with Crippen LogP contribution in [0.2, 0.25) is 0 Å². The van der Waals surface area contributed by atoms with Crippen LogP contribution in [0.15, 0.2) is 77.7 Å². The number of hydrogen-bond donors (Lipinski definition) is 3. The van der Waals surface area contributed by atoms with Crippen molar-refractivity contribution in [2.24, 2.45) is 0 Å². The maximum absolute atomic E-state index is 12.9. The number of esters is 1. The molecule has 0 heterocycles. The van der Waals surface area contributed by atoms with Gasteiger partial charge in [0, 0.05) is 19.8 Å². The van der Waals surface area contributed by atoms with E-state index in [9.17, 15) is 22.8 Å². The van der Waals surface area contributed by atoms with E-state index in [-0.39, 0.29) is 21.9 Å². The van der Waals surface area contributed by atoms with Crippen molar-refractivity contribution in [3.8, 4) is 5.75 Å². The van der Waals surface area contributed by atoms with Gasteiger partial charge in [-0.1, -0.05) is 31.2 Å². The van der Waals surface area contributed by atoms with Crippen molar-refractivity contribution in [3.63, 3.8) is 0 Å². The number of carboxylic acids is 1. The molecule has 1 amide bonds. The zero-order chi connectivity index (χ0) is 27.9. The molecule has 38 heavy (non-hydrogen) atoms. The highest BCUT2D eigenvalue weighted by molar-refractivity contribution is 7.92. The number of carboxylic acid groups (broad SMARTS) is 1. The van der Waals surface area contributed by atoms with Gasteiger partial charge in [0.25, 0.3) is 15.9 Å². The molecule has 0 saturated carbocycles. The summed E-state index contributed by atoms with van der Waals surface area (Å²) in [6, 6.07) is 18.7. The molecule has 3 aromatic rings. The first-order valence-corrected chi connectivity index (χ1v) is 13.2. The van der Waals surface area contributed by atoms with Crippen LogP contribution >= 0.6 is 0 Å². The molecule has 0 aliphatic heterocycles. The van der Waals surface area contributed by atoms with E-state index >= 15 is 0 Å². The van der Waals surface area contributed by atoms with Gasteiger partial charge in [0.05, 0.1) is 22.1 Å². The molecular formula is C27H29N3O7S. The van der Waals surface area contributed by atoms with Crippen molar-refractivity contribution in [1.82, 2.24) is 5.32 Å². The predicted molar refractivity (Wildman–Crippen MR) is 143 cm³/mol. The number of rotatable bonds is 11. The second kappa shape index (κ2) is 12.2. The monoisotopic (exact) mass is 539 g/mol. The van der Waals surface area contributed by atoms with E-state index in [1.54, 1.807) is 0 Å². The van der Waals surface area contributed by atoms with Crippen LogP contribution in [-0.2, 0) is 19.6 Å². The molecule has 0 radical (unpaired) electrons. The van der Waals surface area contributed by atoms with E-state index < -0.39 is 40.3 Å². The molecule has 0 saturated heterocycles. The number of amides is 1. The fourth-order valence-electron chi connectivity index (χ4n) is 3.64. The highest BCUT2D eigenvalue weighted by Gasteiger charge is 2.22. The van der Waals surface area contributed by atoms with Crippen molar-refractivity contribution in [2.75, 3.05) is 30.3 Å². The van der Waals surface area contributed by atoms with Crippen LogP contribution < -0.4 is 19.7 Å². The Labute approximate surface area is 221 Å². The van der Waals surface area contributed by atoms with Crippen molar-refractivity contribution < 1.29 is 32.6 Å². The van der Waals surface area contributed by atoms with Crippen LogP contribution in [0.4, 0.5) is 11.4 Å². The van der Waals surface area contributed by atoms with Crippen molar-refractivity contribution >= 4 is 39.2 Å². The Hall–Kier alpha value is -4.38. The predicted octanol–water partition coefficient (Wildman–Crippen LogP) is 3.47. The van der Waals surface area contributed by atoms with Crippen LogP contribution in [0, 0.1) is 0 Å². The van der Waals surface area contributed by atoms with Gasteiger partial charge in [0.1, 0.15) is 12.3 Å². The fourth-order valence-corrected chi connectivity index (χ4v) is 4.72. The van der Waals surface area contributed by atoms with Gasteiger partial charge in [0.2, 0.25) is 0 Å². The summed E-state index contributed by atoms with van der Waals surface area (Å²) in [6.45, 7) is 1.27. The Balaban J connectivity index is 1.72. The summed E-state index contributed by atoms with van der Waals surface area (Å²) in [6.07, 6.45) is 0.524. The SMILES string of the molecule is CCC(C(=O)Oc1ccc(S(=O)(=O)Nc2ccccc2C(=O)NCC(=O)O)cc1)c1ccc(N(C)C)cc1. The van der Waals surface area contributed by atoms with Gasteiger partial charge in [-0.05, 0) is 60.5 Å². The molecule has 0 spiro atoms. The lowest BCUT2D eigenvalue weighted by Gasteiger charge is -2.17. The normalized spacial score (nSPS) is 11.8. The molecule has 3 aromatic carbocycles. The second-order valence-electron chi connectivity index (χ2n) is 8.57. The number of hydrogen-bond acceptors (Lipinski definition) is 7. The summed E-state index contributed by atoms with van der Waals surface area (Å²) in [5.74, 6) is -2.73. The number of sulfonamides is 1. The van der Waals surface area contributed by atoms with Crippen molar-refractivity contribution in [1.29, 1.82) is 0 Å². The lowest BCUT2D eigenvalue weighted by Crippen LogP contribution is -2.30. The largest absolute Gasteiger partial charge is 0.480 e. The number of carbonyl (C=O) groups excluding carboxylic acids is 2. The Morgan fingerprint density at radius 2 is 1.58 bits per heavy atom. The van der Waals surface area contributed by atoms with Crippen molar-refractivity contribution in [2.45, 2.75) is 24.2 Å². The molecule has 1 atom stereocenters. The molecule has 0 aliphatic rings. The van der Waals surface area contributed by atoms with Gasteiger partial charge >= 0.3 is 11.9 Å². The third kappa shape index (κ3) is 7.10. The topological polar surface area (TPSA) is 142 Å². The summed E-state index contributed by atoms with van der Waals surface area (Å²) < 4.78 is 33.7. The summed E-state index contributed by atoms with van der Waals surface area (Å²) in [5.41, 5.74) is 1.77. The minimum Gasteiger partial charge on any atom is -0.480 e. The number of para-hydroxylation sites is 1. The van der Waals surface area contributed by atoms with Gasteiger partial charge < -0.3 is 20.1 Å². The van der Waals surface area contributed by atoms with Crippen LogP contribution in [0.25, 0.3) is 0 Å². The zero-order valence-corrected chi connectivity index (χ0v) is 22.0. The quantitative estimate of drug-likeness (QED) is 0.248. The average Bonchev–Trinajstić information content (AvgIpc) is 2.88. The summed E-state index contributed by atoms with van der Waals surface area (Å²) in [5, 5.41) is 11.0. The van der Waals surface area contributed by atoms with Crippen LogP contribution in [-0.4, -0.2) is 52.0 Å². The lowest BCUT2D eigenvalue weighted by molar-refractivity contribution is -0.137. The number of nitrogens with one attached hydrogen (secondary N) is 2. The number of aliphatic carboxylic acids is 1. The first kappa shape index (κ1) is 28.2. The number of ether oxygens (including phenoxy) is 1. The first-order chi connectivity index (χ1) is 18.0. The van der Waals surface area contributed by atoms with E-state index in [4.69, 9.17) is 9.84 Å². The van der Waals surface area contributed by atoms with Gasteiger partial charge in [-0.25, -0.2) is 8.42 Å². The molecule has 200 valence electrons. The van der Waals surface area contributed by atoms with E-state index in [0.29, 0.717) is 6.42 Å². The van der Waals surface area contributed by atoms with Crippen LogP contribution in [0.3, 0.4) is 0 Å². The number of carbonyl (C=O) groups is 3. The Bertz CT molecular complexity index is 1400. The van der Waals surface area contributed by atoms with Gasteiger partial charge in [0.15, 0.2) is 0 Å². The minimum atomic E-state index is -4.11. The standard InChI is InChI=1S/C27H29N3O7S/c1-4-22(18-9-11-19(12-10-18)30(2)3)27(34)37-20-13-15-21(16-14-20)38(35,36)29-24-8-6-5-7-23(24)26(33)28-17-25(31)32/h5-16,22,29H,4,17H2,1-3H3,(H,28,33)(H,31,32). The van der Waals surface area contributed by atoms with Crippen molar-refractivity contribution in [3.05, 3.63) is 83.9 Å². The molecule has 1 unspecified atom stereocenters. The minimum absolute atomic E-state index is 0.0167. The highest BCUT2D eigenvalue weighted by Crippen LogP contribution is 2.26. The van der Waals surface area contributed by atoms with Gasteiger partial charge in [-0.15, -0.1) is 0 Å². The van der Waals surface area contributed by atoms with E-state index in [2.05, 4.69) is 10.0 Å². The molecule has 3 rings (SSSR count). The number of anilines is 2. The molecule has 3 N–H and O–H groups in total. The summed E-state index contributed by atoms with van der Waals surface area (Å²) in [7, 11) is -0.255. The second-order valence-corrected chi connectivity index (χ2v) is 10.2. The molecular weight excluding hydrogens is 510 g/mol. The number of nitrogens with zero attached hydrogens (tertiary/aromatic N) is 1. The van der Waals surface area contributed by atoms with Crippen LogP contribution in [0.5, 0.6) is 5.75 Å². The average molecular weight is 540 g/mol. The Morgan fingerprint density at radius 3 is 2.16 bits per heavy atom. The summed E-state index contributed by atoms with van der Waals surface area (Å²) in [4.78, 5) is 37.7. The zero-order valence-electron chi connectivity index (χ0n) is 21.2. The molecule has 10 nitrogen and oxygen atoms in total. The Kier molecular flexibility index (Phi) is 9.08. The smallest absolute Gasteiger partial charge is 0.322 e. The van der Waals surface area contributed by atoms with Crippen LogP contribution in [0.1, 0.15) is 35.2 Å². The lowest BCUT2D eigenvalue weighted by atomic mass is 9.96. The molecule has 11 heteroatoms. The maximum atomic E-state index is 12.9. The molecule has 0 aromatic heterocycles. The highest BCUT2D eigenvalue weighted by atomic mass is 32.2. The van der Waals surface area contributed by atoms with E-state index in [0.717, 1.165) is 11.3 Å². The number of benzene rings is 3. The third-order valence-corrected chi connectivity index (χ3v) is 7.05. The van der Waals surface area contributed by atoms with Gasteiger partial charge in [-0.3, -0.25) is 19.1 Å². The molecule has 0 fully saturated rings. The molecule has 0 aliphatic carbocycles. The Morgan fingerprint density at radius 1 is 0.947 bits per heavy atom. The maximum Gasteiger partial charge on any atom is 0.322 e. The summed E-state index contributed by atoms with van der Waals surface area (Å²) >= 11 is 0. The van der Waals surface area contributed by atoms with E-state index in [1.165, 1.54) is 48.5 Å². The van der Waals surface area contributed by atoms with Gasteiger partial charge in [-0.2, -0.15) is 0 Å². The fraction of sp³-hybridized carbons (Fsp3) is 0.222. The van der Waals surface area contributed by atoms with E-state index in [1.807, 2.05) is 50.2 Å². The third-order valence-electron chi connectivity index (χ3n) is 5.67. The molecule has 0 bridgehead atoms. The first-order valence-electron chi connectivity index (χ1n) is 11.7.